The molecule has 1 fully saturated rings. The summed E-state index contributed by atoms with van der Waals surface area (Å²) in [6.45, 7) is 9.28. The molecule has 0 spiro atoms. The number of fused-ring (bicyclic) bond motifs is 4. The summed E-state index contributed by atoms with van der Waals surface area (Å²) in [4.78, 5) is 59.6. The number of nitrogens with one attached hydrogen (secondary N) is 4. The van der Waals surface area contributed by atoms with Crippen molar-refractivity contribution < 1.29 is 19.2 Å². The molecule has 3 atom stereocenters. The van der Waals surface area contributed by atoms with E-state index in [4.69, 9.17) is 4.98 Å². The van der Waals surface area contributed by atoms with E-state index in [9.17, 15) is 19.2 Å². The van der Waals surface area contributed by atoms with Crippen LogP contribution in [-0.4, -0.2) is 52.3 Å². The fourth-order valence-corrected chi connectivity index (χ4v) is 5.55. The molecule has 3 aromatic rings. The topological polar surface area (TPSA) is 133 Å². The van der Waals surface area contributed by atoms with Crippen LogP contribution in [0, 0.1) is 5.41 Å². The van der Waals surface area contributed by atoms with Gasteiger partial charge in [-0.05, 0) is 76.3 Å². The van der Waals surface area contributed by atoms with Crippen LogP contribution in [0.4, 0.5) is 0 Å². The predicted molar refractivity (Wildman–Crippen MR) is 178 cm³/mol. The third kappa shape index (κ3) is 7.51. The SMILES string of the molecule is CC(C)=C1NC(=O)C(C)(C)/C=C/c2ccc3ccc(nc3c2)[C@@H](C)NC(=O)[C@@H]2CCCN(N2)C(=O)[C@H](Cc2ccccc2)NC1=O. The van der Waals surface area contributed by atoms with Crippen molar-refractivity contribution in [3.8, 4) is 0 Å². The molecular weight excluding hydrogens is 580 g/mol. The molecule has 46 heavy (non-hydrogen) atoms. The summed E-state index contributed by atoms with van der Waals surface area (Å²) in [6.07, 6.45) is 5.02. The van der Waals surface area contributed by atoms with Gasteiger partial charge in [-0.2, -0.15) is 0 Å². The molecule has 2 aromatic carbocycles. The number of carbonyl (C=O) groups excluding carboxylic acids is 4. The number of carbonyl (C=O) groups is 4. The summed E-state index contributed by atoms with van der Waals surface area (Å²) in [7, 11) is 0. The summed E-state index contributed by atoms with van der Waals surface area (Å²) in [5, 5.41) is 11.1. The standard InChI is InChI=1S/C36H42N6O4/c1-22(2)31-33(44)39-30(21-24-10-7-6-8-11-24)34(45)42-19-9-12-28(41-42)32(43)37-23(3)27-16-15-26-14-13-25(20-29(26)38-27)17-18-36(4,5)35(46)40-31/h6-8,10-11,13-18,20,23,28,30,41H,9,12,19,21H2,1-5H3,(H,37,43)(H,39,44)(H,40,46)/b18-17+/t23-,28+,30+/m1/s1. The summed E-state index contributed by atoms with van der Waals surface area (Å²) in [6, 6.07) is 17.1. The Kier molecular flexibility index (Phi) is 9.67. The fourth-order valence-electron chi connectivity index (χ4n) is 5.55. The molecule has 3 heterocycles. The van der Waals surface area contributed by atoms with Gasteiger partial charge < -0.3 is 16.0 Å². The van der Waals surface area contributed by atoms with Gasteiger partial charge in [-0.25, -0.2) is 5.43 Å². The first-order valence-corrected chi connectivity index (χ1v) is 15.7. The van der Waals surface area contributed by atoms with E-state index in [0.717, 1.165) is 22.0 Å². The number of amides is 4. The molecule has 240 valence electrons. The van der Waals surface area contributed by atoms with Crippen LogP contribution < -0.4 is 21.4 Å². The van der Waals surface area contributed by atoms with Crippen LogP contribution in [-0.2, 0) is 25.6 Å². The van der Waals surface area contributed by atoms with Crippen molar-refractivity contribution in [1.29, 1.82) is 0 Å². The van der Waals surface area contributed by atoms with Crippen molar-refractivity contribution >= 4 is 40.6 Å². The largest absolute Gasteiger partial charge is 0.347 e. The maximum absolute atomic E-state index is 14.0. The van der Waals surface area contributed by atoms with Gasteiger partial charge in [0.05, 0.1) is 22.7 Å². The number of benzene rings is 2. The molecule has 2 aliphatic heterocycles. The first kappa shape index (κ1) is 32.6. The fraction of sp³-hybridized carbons (Fsp3) is 0.361. The van der Waals surface area contributed by atoms with Gasteiger partial charge in [0.25, 0.3) is 11.8 Å². The minimum Gasteiger partial charge on any atom is -0.347 e. The Labute approximate surface area is 269 Å². The van der Waals surface area contributed by atoms with E-state index in [1.54, 1.807) is 33.8 Å². The Morgan fingerprint density at radius 2 is 1.72 bits per heavy atom. The highest BCUT2D eigenvalue weighted by Crippen LogP contribution is 2.24. The number of hydrogen-bond donors (Lipinski definition) is 4. The van der Waals surface area contributed by atoms with Crippen molar-refractivity contribution in [2.75, 3.05) is 6.54 Å². The van der Waals surface area contributed by atoms with Gasteiger partial charge in [0.1, 0.15) is 17.8 Å². The highest BCUT2D eigenvalue weighted by atomic mass is 16.2. The number of hydrazine groups is 1. The minimum atomic E-state index is -0.977. The molecule has 2 aliphatic rings. The lowest BCUT2D eigenvalue weighted by atomic mass is 9.90. The van der Waals surface area contributed by atoms with Crippen molar-refractivity contribution in [3.05, 3.63) is 94.8 Å². The van der Waals surface area contributed by atoms with Crippen molar-refractivity contribution in [2.24, 2.45) is 5.41 Å². The third-order valence-corrected chi connectivity index (χ3v) is 8.44. The Morgan fingerprint density at radius 3 is 2.46 bits per heavy atom. The van der Waals surface area contributed by atoms with Crippen molar-refractivity contribution in [2.45, 2.75) is 72.0 Å². The molecule has 10 nitrogen and oxygen atoms in total. The van der Waals surface area contributed by atoms with Gasteiger partial charge in [0.2, 0.25) is 11.8 Å². The summed E-state index contributed by atoms with van der Waals surface area (Å²) in [5.41, 5.74) is 5.98. The lowest BCUT2D eigenvalue weighted by Gasteiger charge is -2.36. The van der Waals surface area contributed by atoms with Crippen molar-refractivity contribution in [3.63, 3.8) is 0 Å². The molecule has 0 unspecified atom stereocenters. The van der Waals surface area contributed by atoms with Crippen LogP contribution in [0.5, 0.6) is 0 Å². The molecule has 1 aromatic heterocycles. The zero-order valence-corrected chi connectivity index (χ0v) is 27.0. The zero-order valence-electron chi connectivity index (χ0n) is 27.0. The van der Waals surface area contributed by atoms with E-state index >= 15 is 0 Å². The van der Waals surface area contributed by atoms with Crippen LogP contribution in [0.1, 0.15) is 70.3 Å². The normalized spacial score (nSPS) is 23.4. The Hall–Kier alpha value is -4.83. The maximum Gasteiger partial charge on any atom is 0.268 e. The molecule has 0 aliphatic carbocycles. The van der Waals surface area contributed by atoms with Gasteiger partial charge >= 0.3 is 0 Å². The monoisotopic (exact) mass is 622 g/mol. The number of hydrogen-bond acceptors (Lipinski definition) is 6. The number of allylic oxidation sites excluding steroid dienone is 1. The molecule has 10 heteroatoms. The molecule has 4 N–H and O–H groups in total. The Morgan fingerprint density at radius 1 is 0.978 bits per heavy atom. The van der Waals surface area contributed by atoms with E-state index < -0.39 is 23.4 Å². The average Bonchev–Trinajstić information content (AvgIpc) is 3.05. The van der Waals surface area contributed by atoms with E-state index in [0.29, 0.717) is 30.7 Å². The first-order chi connectivity index (χ1) is 21.9. The van der Waals surface area contributed by atoms with Gasteiger partial charge in [0, 0.05) is 18.4 Å². The third-order valence-electron chi connectivity index (χ3n) is 8.44. The molecule has 5 bridgehead atoms. The lowest BCUT2D eigenvalue weighted by molar-refractivity contribution is -0.143. The second kappa shape index (κ2) is 13.7. The highest BCUT2D eigenvalue weighted by molar-refractivity contribution is 6.01. The molecule has 1 saturated heterocycles. The van der Waals surface area contributed by atoms with Crippen LogP contribution >= 0.6 is 0 Å². The maximum atomic E-state index is 14.0. The smallest absolute Gasteiger partial charge is 0.268 e. The van der Waals surface area contributed by atoms with E-state index in [1.165, 1.54) is 5.01 Å². The van der Waals surface area contributed by atoms with Gasteiger partial charge in [0.15, 0.2) is 0 Å². The molecular formula is C36H42N6O4. The zero-order chi connectivity index (χ0) is 33.0. The summed E-state index contributed by atoms with van der Waals surface area (Å²) in [5.74, 6) is -1.55. The number of pyridine rings is 1. The van der Waals surface area contributed by atoms with Crippen LogP contribution in [0.3, 0.4) is 0 Å². The quantitative estimate of drug-likeness (QED) is 0.318. The van der Waals surface area contributed by atoms with Gasteiger partial charge in [-0.15, -0.1) is 0 Å². The first-order valence-electron chi connectivity index (χ1n) is 15.7. The Bertz CT molecular complexity index is 1710. The van der Waals surface area contributed by atoms with Gasteiger partial charge in [-0.3, -0.25) is 29.2 Å². The number of nitrogens with zero attached hydrogens (tertiary/aromatic N) is 2. The van der Waals surface area contributed by atoms with E-state index in [1.807, 2.05) is 73.7 Å². The van der Waals surface area contributed by atoms with Gasteiger partial charge in [-0.1, -0.05) is 60.7 Å². The van der Waals surface area contributed by atoms with E-state index in [2.05, 4.69) is 21.4 Å². The summed E-state index contributed by atoms with van der Waals surface area (Å²) >= 11 is 0. The molecule has 5 rings (SSSR count). The number of aromatic nitrogens is 1. The highest BCUT2D eigenvalue weighted by Gasteiger charge is 2.34. The van der Waals surface area contributed by atoms with Crippen molar-refractivity contribution in [1.82, 2.24) is 31.4 Å². The lowest BCUT2D eigenvalue weighted by Crippen LogP contribution is -2.62. The van der Waals surface area contributed by atoms with Crippen LogP contribution in [0.2, 0.25) is 0 Å². The predicted octanol–water partition coefficient (Wildman–Crippen LogP) is 4.10. The molecule has 4 amide bonds. The molecule has 0 radical (unpaired) electrons. The second-order valence-corrected chi connectivity index (χ2v) is 12.8. The second-order valence-electron chi connectivity index (χ2n) is 12.8. The average molecular weight is 623 g/mol. The molecule has 0 saturated carbocycles. The van der Waals surface area contributed by atoms with Crippen LogP contribution in [0.25, 0.3) is 17.0 Å². The minimum absolute atomic E-state index is 0.0866. The van der Waals surface area contributed by atoms with Crippen LogP contribution in [0.15, 0.2) is 78.0 Å². The number of rotatable bonds is 2. The Balaban J connectivity index is 1.53. The van der Waals surface area contributed by atoms with E-state index in [-0.39, 0.29) is 35.9 Å². The summed E-state index contributed by atoms with van der Waals surface area (Å²) < 4.78 is 0.